The lowest BCUT2D eigenvalue weighted by molar-refractivity contribution is 0.100. The Morgan fingerprint density at radius 3 is 2.65 bits per heavy atom. The predicted molar refractivity (Wildman–Crippen MR) is 69.4 cm³/mol. The molecule has 94 valence electrons. The van der Waals surface area contributed by atoms with Crippen LogP contribution in [0.5, 0.6) is 0 Å². The Morgan fingerprint density at radius 2 is 2.18 bits per heavy atom. The van der Waals surface area contributed by atoms with E-state index in [1.165, 1.54) is 6.07 Å². The number of rotatable bonds is 5. The summed E-state index contributed by atoms with van der Waals surface area (Å²) in [5, 5.41) is 9.33. The lowest BCUT2D eigenvalue weighted by Crippen LogP contribution is -2.29. The van der Waals surface area contributed by atoms with Crippen molar-refractivity contribution in [3.8, 4) is 0 Å². The quantitative estimate of drug-likeness (QED) is 0.682. The summed E-state index contributed by atoms with van der Waals surface area (Å²) < 4.78 is 0. The van der Waals surface area contributed by atoms with Gasteiger partial charge in [0, 0.05) is 18.8 Å². The molecule has 0 radical (unpaired) electrons. The highest BCUT2D eigenvalue weighted by Gasteiger charge is 2.18. The summed E-state index contributed by atoms with van der Waals surface area (Å²) in [7, 11) is 0. The summed E-state index contributed by atoms with van der Waals surface area (Å²) in [6.07, 6.45) is 0. The minimum Gasteiger partial charge on any atom is -0.399 e. The van der Waals surface area contributed by atoms with Crippen LogP contribution in [0.25, 0.3) is 0 Å². The number of nitrogens with zero attached hydrogens (tertiary/aromatic N) is 1. The van der Waals surface area contributed by atoms with Gasteiger partial charge in [-0.1, -0.05) is 11.6 Å². The van der Waals surface area contributed by atoms with Crippen molar-refractivity contribution in [2.45, 2.75) is 6.92 Å². The molecule has 0 fully saturated rings. The third-order valence-electron chi connectivity index (χ3n) is 2.42. The molecule has 0 spiro atoms. The van der Waals surface area contributed by atoms with Gasteiger partial charge in [-0.15, -0.1) is 0 Å². The number of nitrogens with two attached hydrogens (primary N) is 2. The second kappa shape index (κ2) is 5.75. The van der Waals surface area contributed by atoms with Crippen LogP contribution in [0.1, 0.15) is 17.3 Å². The van der Waals surface area contributed by atoms with Gasteiger partial charge in [0.15, 0.2) is 0 Å². The number of benzene rings is 1. The van der Waals surface area contributed by atoms with Crippen molar-refractivity contribution < 1.29 is 9.90 Å². The van der Waals surface area contributed by atoms with Crippen LogP contribution in [0.2, 0.25) is 5.02 Å². The zero-order chi connectivity index (χ0) is 13.0. The zero-order valence-corrected chi connectivity index (χ0v) is 10.4. The number of nitrogen functional groups attached to an aromatic ring is 1. The maximum Gasteiger partial charge on any atom is 0.250 e. The van der Waals surface area contributed by atoms with E-state index in [1.807, 2.05) is 6.92 Å². The van der Waals surface area contributed by atoms with E-state index in [1.54, 1.807) is 11.0 Å². The van der Waals surface area contributed by atoms with Crippen molar-refractivity contribution in [3.63, 3.8) is 0 Å². The van der Waals surface area contributed by atoms with Gasteiger partial charge in [-0.25, -0.2) is 0 Å². The van der Waals surface area contributed by atoms with E-state index in [9.17, 15) is 4.79 Å². The minimum atomic E-state index is -0.592. The summed E-state index contributed by atoms with van der Waals surface area (Å²) in [6.45, 7) is 2.84. The van der Waals surface area contributed by atoms with E-state index in [0.717, 1.165) is 0 Å². The first-order chi connectivity index (χ1) is 8.01. The minimum absolute atomic E-state index is 0.0350. The number of primary amides is 1. The van der Waals surface area contributed by atoms with Gasteiger partial charge in [-0.2, -0.15) is 0 Å². The van der Waals surface area contributed by atoms with E-state index in [-0.39, 0.29) is 12.2 Å². The van der Waals surface area contributed by atoms with Gasteiger partial charge in [-0.05, 0) is 19.1 Å². The molecular weight excluding hydrogens is 242 g/mol. The van der Waals surface area contributed by atoms with Crippen LogP contribution >= 0.6 is 11.6 Å². The molecule has 0 aliphatic rings. The Bertz CT molecular complexity index is 423. The smallest absolute Gasteiger partial charge is 0.250 e. The number of aliphatic hydroxyl groups is 1. The summed E-state index contributed by atoms with van der Waals surface area (Å²) in [5.74, 6) is -0.592. The van der Waals surface area contributed by atoms with E-state index < -0.39 is 5.91 Å². The van der Waals surface area contributed by atoms with Crippen molar-refractivity contribution in [2.24, 2.45) is 5.73 Å². The molecule has 1 amide bonds. The first kappa shape index (κ1) is 13.6. The SMILES string of the molecule is CCN(CCO)c1c(Cl)cc(N)cc1C(N)=O. The Kier molecular flexibility index (Phi) is 4.60. The monoisotopic (exact) mass is 257 g/mol. The number of amides is 1. The number of anilines is 2. The lowest BCUT2D eigenvalue weighted by atomic mass is 10.1. The molecule has 0 atom stereocenters. The topological polar surface area (TPSA) is 92.6 Å². The van der Waals surface area contributed by atoms with Crippen molar-refractivity contribution in [1.29, 1.82) is 0 Å². The average Bonchev–Trinajstić information content (AvgIpc) is 2.25. The molecule has 6 heteroatoms. The molecule has 1 aromatic carbocycles. The van der Waals surface area contributed by atoms with Gasteiger partial charge < -0.3 is 21.5 Å². The van der Waals surface area contributed by atoms with Crippen LogP contribution in [-0.2, 0) is 0 Å². The normalized spacial score (nSPS) is 10.3. The Balaban J connectivity index is 3.33. The molecule has 1 aromatic rings. The molecule has 5 nitrogen and oxygen atoms in total. The molecule has 5 N–H and O–H groups in total. The first-order valence-corrected chi connectivity index (χ1v) is 5.63. The number of carbonyl (C=O) groups excluding carboxylic acids is 1. The van der Waals surface area contributed by atoms with Gasteiger partial charge in [-0.3, -0.25) is 4.79 Å². The Hall–Kier alpha value is -1.46. The molecule has 0 aliphatic heterocycles. The fraction of sp³-hybridized carbons (Fsp3) is 0.364. The maximum atomic E-state index is 11.4. The van der Waals surface area contributed by atoms with E-state index in [4.69, 9.17) is 28.2 Å². The number of hydrogen-bond acceptors (Lipinski definition) is 4. The summed E-state index contributed by atoms with van der Waals surface area (Å²) in [5.41, 5.74) is 12.1. The van der Waals surface area contributed by atoms with Crippen LogP contribution in [0, 0.1) is 0 Å². The van der Waals surface area contributed by atoms with Crippen molar-refractivity contribution in [1.82, 2.24) is 0 Å². The van der Waals surface area contributed by atoms with Crippen molar-refractivity contribution in [3.05, 3.63) is 22.7 Å². The molecule has 0 saturated carbocycles. The predicted octanol–water partition coefficient (Wildman–Crippen LogP) is 0.840. The van der Waals surface area contributed by atoms with Crippen LogP contribution in [-0.4, -0.2) is 30.7 Å². The Morgan fingerprint density at radius 1 is 1.53 bits per heavy atom. The number of aliphatic hydroxyl groups excluding tert-OH is 1. The fourth-order valence-electron chi connectivity index (χ4n) is 1.68. The fourth-order valence-corrected chi connectivity index (χ4v) is 2.03. The number of hydrogen-bond donors (Lipinski definition) is 3. The van der Waals surface area contributed by atoms with Crippen molar-refractivity contribution >= 4 is 28.9 Å². The summed E-state index contributed by atoms with van der Waals surface area (Å²) in [4.78, 5) is 13.1. The average molecular weight is 258 g/mol. The van der Waals surface area contributed by atoms with Gasteiger partial charge in [0.05, 0.1) is 22.9 Å². The molecule has 0 aliphatic carbocycles. The number of carbonyl (C=O) groups is 1. The molecule has 0 unspecified atom stereocenters. The second-order valence-corrected chi connectivity index (χ2v) is 3.97. The first-order valence-electron chi connectivity index (χ1n) is 5.25. The highest BCUT2D eigenvalue weighted by Crippen LogP contribution is 2.32. The molecule has 0 aromatic heterocycles. The Labute approximate surface area is 105 Å². The van der Waals surface area contributed by atoms with E-state index in [0.29, 0.717) is 29.5 Å². The molecular formula is C11H16ClN3O2. The number of halogens is 1. The van der Waals surface area contributed by atoms with Crippen LogP contribution in [0.4, 0.5) is 11.4 Å². The highest BCUT2D eigenvalue weighted by molar-refractivity contribution is 6.34. The largest absolute Gasteiger partial charge is 0.399 e. The molecule has 1 rings (SSSR count). The highest BCUT2D eigenvalue weighted by atomic mass is 35.5. The lowest BCUT2D eigenvalue weighted by Gasteiger charge is -2.25. The molecule has 0 saturated heterocycles. The summed E-state index contributed by atoms with van der Waals surface area (Å²) in [6, 6.07) is 3.05. The molecule has 0 heterocycles. The standard InChI is InChI=1S/C11H16ClN3O2/c1-2-15(3-4-16)10-8(11(14)17)5-7(13)6-9(10)12/h5-6,16H,2-4,13H2,1H3,(H2,14,17). The van der Waals surface area contributed by atoms with Gasteiger partial charge in [0.25, 0.3) is 5.91 Å². The number of likely N-dealkylation sites (N-methyl/N-ethyl adjacent to an activating group) is 1. The van der Waals surface area contributed by atoms with E-state index in [2.05, 4.69) is 0 Å². The second-order valence-electron chi connectivity index (χ2n) is 3.57. The van der Waals surface area contributed by atoms with E-state index >= 15 is 0 Å². The van der Waals surface area contributed by atoms with Crippen LogP contribution in [0.3, 0.4) is 0 Å². The molecule has 17 heavy (non-hydrogen) atoms. The van der Waals surface area contributed by atoms with Crippen LogP contribution < -0.4 is 16.4 Å². The maximum absolute atomic E-state index is 11.4. The third-order valence-corrected chi connectivity index (χ3v) is 2.71. The third kappa shape index (κ3) is 3.01. The zero-order valence-electron chi connectivity index (χ0n) is 9.61. The van der Waals surface area contributed by atoms with Gasteiger partial charge in [0.1, 0.15) is 0 Å². The van der Waals surface area contributed by atoms with Gasteiger partial charge >= 0.3 is 0 Å². The van der Waals surface area contributed by atoms with Crippen LogP contribution in [0.15, 0.2) is 12.1 Å². The summed E-state index contributed by atoms with van der Waals surface area (Å²) >= 11 is 6.08. The van der Waals surface area contributed by atoms with Gasteiger partial charge in [0.2, 0.25) is 0 Å². The van der Waals surface area contributed by atoms with Crippen molar-refractivity contribution in [2.75, 3.05) is 30.3 Å². The molecule has 0 bridgehead atoms.